The molecule has 0 saturated carbocycles. The molecule has 0 amide bonds. The summed E-state index contributed by atoms with van der Waals surface area (Å²) in [6.45, 7) is 15.1. The van der Waals surface area contributed by atoms with E-state index in [1.165, 1.54) is 0 Å². The molecule has 25 heavy (non-hydrogen) atoms. The topological polar surface area (TPSA) is 57.1 Å². The van der Waals surface area contributed by atoms with E-state index in [-0.39, 0.29) is 17.2 Å². The number of nitriles is 1. The third-order valence-electron chi connectivity index (χ3n) is 5.56. The van der Waals surface area contributed by atoms with Gasteiger partial charge in [0.1, 0.15) is 6.07 Å². The maximum atomic E-state index is 9.07. The first-order chi connectivity index (χ1) is 11.6. The number of anilines is 1. The predicted octanol–water partition coefficient (Wildman–Crippen LogP) is 4.68. The summed E-state index contributed by atoms with van der Waals surface area (Å²) in [5.41, 5.74) is 2.41. The Hall–Kier alpha value is -1.06. The normalized spacial score (nSPS) is 21.2. The molecule has 1 aliphatic heterocycles. The maximum absolute atomic E-state index is 9.07. The first kappa shape index (κ1) is 20.3. The molecule has 1 saturated heterocycles. The lowest BCUT2D eigenvalue weighted by Gasteiger charge is -2.39. The lowest BCUT2D eigenvalue weighted by atomic mass is 10.1. The Bertz CT molecular complexity index is 664. The Labute approximate surface area is 158 Å². The summed E-state index contributed by atoms with van der Waals surface area (Å²) in [7, 11) is -1.78. The van der Waals surface area contributed by atoms with Gasteiger partial charge in [0.25, 0.3) is 0 Å². The van der Waals surface area contributed by atoms with Gasteiger partial charge in [-0.3, -0.25) is 0 Å². The van der Waals surface area contributed by atoms with Gasteiger partial charge in [0.15, 0.2) is 8.32 Å². The molecule has 0 aromatic heterocycles. The summed E-state index contributed by atoms with van der Waals surface area (Å²) in [6.07, 6.45) is 1.29. The van der Waals surface area contributed by atoms with E-state index in [1.807, 2.05) is 13.0 Å². The van der Waals surface area contributed by atoms with Crippen molar-refractivity contribution in [2.75, 3.05) is 18.4 Å². The highest BCUT2D eigenvalue weighted by molar-refractivity contribution is 6.74. The van der Waals surface area contributed by atoms with Crippen molar-refractivity contribution in [2.24, 2.45) is 0 Å². The Morgan fingerprint density at radius 3 is 2.68 bits per heavy atom. The van der Waals surface area contributed by atoms with Crippen molar-refractivity contribution < 1.29 is 4.43 Å². The minimum absolute atomic E-state index is 0.213. The average molecular weight is 380 g/mol. The van der Waals surface area contributed by atoms with E-state index in [0.717, 1.165) is 30.8 Å². The fourth-order valence-electron chi connectivity index (χ4n) is 2.83. The van der Waals surface area contributed by atoms with Crippen LogP contribution in [0.1, 0.15) is 38.3 Å². The van der Waals surface area contributed by atoms with Crippen LogP contribution in [0.3, 0.4) is 0 Å². The van der Waals surface area contributed by atoms with Crippen LogP contribution in [0.4, 0.5) is 5.69 Å². The number of hydrogen-bond acceptors (Lipinski definition) is 4. The monoisotopic (exact) mass is 379 g/mol. The molecule has 1 aromatic carbocycles. The molecule has 1 heterocycles. The lowest BCUT2D eigenvalue weighted by Crippen LogP contribution is -2.48. The summed E-state index contributed by atoms with van der Waals surface area (Å²) in [5.74, 6) is 0. The summed E-state index contributed by atoms with van der Waals surface area (Å²) >= 11 is 6.26. The highest BCUT2D eigenvalue weighted by atomic mass is 35.5. The Morgan fingerprint density at radius 1 is 1.40 bits per heavy atom. The molecule has 0 aliphatic carbocycles. The third-order valence-corrected chi connectivity index (χ3v) is 10.5. The first-order valence-electron chi connectivity index (χ1n) is 8.91. The summed E-state index contributed by atoms with van der Waals surface area (Å²) in [5, 5.41) is 16.8. The van der Waals surface area contributed by atoms with E-state index in [0.29, 0.717) is 10.6 Å². The minimum Gasteiger partial charge on any atom is -0.412 e. The van der Waals surface area contributed by atoms with E-state index in [4.69, 9.17) is 21.3 Å². The zero-order valence-corrected chi connectivity index (χ0v) is 17.9. The van der Waals surface area contributed by atoms with E-state index < -0.39 is 8.32 Å². The Balaban J connectivity index is 2.03. The van der Waals surface area contributed by atoms with Gasteiger partial charge in [-0.2, -0.15) is 5.26 Å². The van der Waals surface area contributed by atoms with Crippen LogP contribution < -0.4 is 10.6 Å². The summed E-state index contributed by atoms with van der Waals surface area (Å²) in [4.78, 5) is 0. The SMILES string of the molecule is Cc1c(NC[C@H]2NCC[C@@H]2O[Si](C)(C)C(C)(C)C)ccc(C#N)c1Cl. The van der Waals surface area contributed by atoms with Crippen LogP contribution in [0.25, 0.3) is 0 Å². The van der Waals surface area contributed by atoms with Crippen LogP contribution >= 0.6 is 11.6 Å². The summed E-state index contributed by atoms with van der Waals surface area (Å²) in [6, 6.07) is 6.10. The smallest absolute Gasteiger partial charge is 0.192 e. The van der Waals surface area contributed by atoms with Crippen molar-refractivity contribution in [3.63, 3.8) is 0 Å². The van der Waals surface area contributed by atoms with Gasteiger partial charge in [0.2, 0.25) is 0 Å². The molecule has 1 aromatic rings. The number of hydrogen-bond donors (Lipinski definition) is 2. The van der Waals surface area contributed by atoms with Crippen LogP contribution in [0, 0.1) is 18.3 Å². The van der Waals surface area contributed by atoms with Gasteiger partial charge in [-0.25, -0.2) is 0 Å². The van der Waals surface area contributed by atoms with Gasteiger partial charge in [-0.05, 0) is 55.7 Å². The zero-order chi connectivity index (χ0) is 18.8. The summed E-state index contributed by atoms with van der Waals surface area (Å²) < 4.78 is 6.62. The number of benzene rings is 1. The van der Waals surface area contributed by atoms with Gasteiger partial charge < -0.3 is 15.1 Å². The number of nitrogens with zero attached hydrogens (tertiary/aromatic N) is 1. The van der Waals surface area contributed by atoms with Gasteiger partial charge in [0, 0.05) is 18.3 Å². The van der Waals surface area contributed by atoms with Crippen LogP contribution in [0.15, 0.2) is 12.1 Å². The van der Waals surface area contributed by atoms with Crippen LogP contribution in [0.5, 0.6) is 0 Å². The van der Waals surface area contributed by atoms with Gasteiger partial charge in [0.05, 0.1) is 16.7 Å². The second kappa shape index (κ2) is 7.67. The maximum Gasteiger partial charge on any atom is 0.192 e. The van der Waals surface area contributed by atoms with Crippen LogP contribution in [-0.4, -0.2) is 33.6 Å². The molecule has 0 spiro atoms. The van der Waals surface area contributed by atoms with Crippen LogP contribution in [-0.2, 0) is 4.43 Å². The van der Waals surface area contributed by atoms with E-state index in [9.17, 15) is 0 Å². The molecule has 2 N–H and O–H groups in total. The minimum atomic E-state index is -1.78. The molecule has 1 fully saturated rings. The van der Waals surface area contributed by atoms with Gasteiger partial charge >= 0.3 is 0 Å². The van der Waals surface area contributed by atoms with E-state index >= 15 is 0 Å². The van der Waals surface area contributed by atoms with Crippen molar-refractivity contribution in [1.82, 2.24) is 5.32 Å². The first-order valence-corrected chi connectivity index (χ1v) is 12.2. The highest BCUT2D eigenvalue weighted by Gasteiger charge is 2.41. The molecule has 6 heteroatoms. The van der Waals surface area contributed by atoms with Crippen molar-refractivity contribution in [2.45, 2.75) is 64.4 Å². The van der Waals surface area contributed by atoms with Crippen molar-refractivity contribution in [3.8, 4) is 6.07 Å². The second-order valence-corrected chi connectivity index (χ2v) is 13.5. The van der Waals surface area contributed by atoms with Gasteiger partial charge in [-0.1, -0.05) is 32.4 Å². The molecule has 0 bridgehead atoms. The molecular formula is C19H30ClN3OSi. The number of rotatable bonds is 5. The van der Waals surface area contributed by atoms with Crippen LogP contribution in [0.2, 0.25) is 23.2 Å². The largest absolute Gasteiger partial charge is 0.412 e. The molecule has 0 unspecified atom stereocenters. The van der Waals surface area contributed by atoms with E-state index in [2.05, 4.69) is 50.6 Å². The van der Waals surface area contributed by atoms with Crippen molar-refractivity contribution in [1.29, 1.82) is 5.26 Å². The van der Waals surface area contributed by atoms with Gasteiger partial charge in [-0.15, -0.1) is 0 Å². The van der Waals surface area contributed by atoms with Crippen molar-refractivity contribution >= 4 is 25.6 Å². The second-order valence-electron chi connectivity index (χ2n) is 8.36. The molecule has 2 atom stereocenters. The standard InChI is InChI=1S/C19H30ClN3OSi/c1-13-15(8-7-14(11-21)18(13)20)23-12-16-17(9-10-22-16)24-25(5,6)19(2,3)4/h7-8,16-17,22-23H,9-10,12H2,1-6H3/t16-,17+/m1/s1. The number of halogens is 1. The molecular weight excluding hydrogens is 350 g/mol. The predicted molar refractivity (Wildman–Crippen MR) is 108 cm³/mol. The fraction of sp³-hybridized carbons (Fsp3) is 0.632. The fourth-order valence-corrected chi connectivity index (χ4v) is 4.43. The quantitative estimate of drug-likeness (QED) is 0.729. The molecule has 1 aliphatic rings. The lowest BCUT2D eigenvalue weighted by molar-refractivity contribution is 0.170. The number of nitrogens with one attached hydrogen (secondary N) is 2. The molecule has 2 rings (SSSR count). The zero-order valence-electron chi connectivity index (χ0n) is 16.2. The molecule has 138 valence electrons. The molecule has 0 radical (unpaired) electrons. The third kappa shape index (κ3) is 4.56. The highest BCUT2D eigenvalue weighted by Crippen LogP contribution is 2.38. The Morgan fingerprint density at radius 2 is 2.08 bits per heavy atom. The van der Waals surface area contributed by atoms with Crippen molar-refractivity contribution in [3.05, 3.63) is 28.3 Å². The van der Waals surface area contributed by atoms with E-state index in [1.54, 1.807) is 6.07 Å². The Kier molecular flexibility index (Phi) is 6.21. The average Bonchev–Trinajstić information content (AvgIpc) is 2.94. The molecule has 4 nitrogen and oxygen atoms in total.